The highest BCUT2D eigenvalue weighted by Gasteiger charge is 2.10. The van der Waals surface area contributed by atoms with Gasteiger partial charge in [0.25, 0.3) is 0 Å². The molecule has 0 aliphatic rings. The number of ether oxygens (including phenoxy) is 1. The number of rotatable bonds is 5. The number of aromatic nitrogens is 1. The van der Waals surface area contributed by atoms with Gasteiger partial charge in [0.1, 0.15) is 17.2 Å². The van der Waals surface area contributed by atoms with Crippen molar-refractivity contribution in [2.24, 2.45) is 0 Å². The van der Waals surface area contributed by atoms with Crippen molar-refractivity contribution in [3.05, 3.63) is 77.9 Å². The van der Waals surface area contributed by atoms with Crippen LogP contribution in [0.1, 0.15) is 16.9 Å². The van der Waals surface area contributed by atoms with Crippen molar-refractivity contribution >= 4 is 17.7 Å². The van der Waals surface area contributed by atoms with E-state index in [9.17, 15) is 4.79 Å². The number of nitrogens with one attached hydrogen (secondary N) is 1. The third kappa shape index (κ3) is 4.14. The minimum absolute atomic E-state index is 0.296. The zero-order valence-electron chi connectivity index (χ0n) is 14.0. The van der Waals surface area contributed by atoms with E-state index in [0.717, 1.165) is 11.1 Å². The third-order valence-corrected chi connectivity index (χ3v) is 3.73. The number of anilines is 1. The number of carbonyl (C=O) groups excluding carboxylic acids is 1. The Kier molecular flexibility index (Phi) is 4.95. The van der Waals surface area contributed by atoms with E-state index in [-0.39, 0.29) is 5.91 Å². The molecule has 1 amide bonds. The lowest BCUT2D eigenvalue weighted by atomic mass is 10.1. The Morgan fingerprint density at radius 2 is 2.04 bits per heavy atom. The van der Waals surface area contributed by atoms with E-state index in [4.69, 9.17) is 9.15 Å². The summed E-state index contributed by atoms with van der Waals surface area (Å²) in [5.74, 6) is 1.36. The average Bonchev–Trinajstić information content (AvgIpc) is 3.12. The van der Waals surface area contributed by atoms with Gasteiger partial charge < -0.3 is 14.5 Å². The van der Waals surface area contributed by atoms with Gasteiger partial charge in [-0.25, -0.2) is 4.98 Å². The zero-order chi connectivity index (χ0) is 17.6. The van der Waals surface area contributed by atoms with E-state index in [0.29, 0.717) is 23.1 Å². The highest BCUT2D eigenvalue weighted by atomic mass is 16.5. The van der Waals surface area contributed by atoms with Gasteiger partial charge in [-0.05, 0) is 61.4 Å². The maximum absolute atomic E-state index is 12.1. The molecule has 0 unspecified atom stereocenters. The molecule has 0 atom stereocenters. The molecule has 3 rings (SSSR count). The maximum Gasteiger partial charge on any atom is 0.248 e. The summed E-state index contributed by atoms with van der Waals surface area (Å²) < 4.78 is 11.1. The monoisotopic (exact) mass is 334 g/mol. The van der Waals surface area contributed by atoms with Gasteiger partial charge in [-0.3, -0.25) is 4.79 Å². The van der Waals surface area contributed by atoms with E-state index in [1.54, 1.807) is 42.8 Å². The van der Waals surface area contributed by atoms with Crippen LogP contribution in [0.5, 0.6) is 11.6 Å². The van der Waals surface area contributed by atoms with Gasteiger partial charge in [-0.1, -0.05) is 12.1 Å². The molecule has 5 heteroatoms. The Hall–Kier alpha value is -3.34. The molecular weight excluding hydrogens is 316 g/mol. The fourth-order valence-electron chi connectivity index (χ4n) is 2.22. The predicted octanol–water partition coefficient (Wildman–Crippen LogP) is 4.74. The Morgan fingerprint density at radius 3 is 2.84 bits per heavy atom. The van der Waals surface area contributed by atoms with Gasteiger partial charge in [0.15, 0.2) is 0 Å². The lowest BCUT2D eigenvalue weighted by Gasteiger charge is -2.12. The van der Waals surface area contributed by atoms with Crippen LogP contribution in [0.15, 0.2) is 65.4 Å². The van der Waals surface area contributed by atoms with Crippen LogP contribution in [0.25, 0.3) is 6.08 Å². The second kappa shape index (κ2) is 7.49. The number of benzene rings is 1. The van der Waals surface area contributed by atoms with Crippen LogP contribution >= 0.6 is 0 Å². The van der Waals surface area contributed by atoms with Crippen LogP contribution in [0.2, 0.25) is 0 Å². The number of pyridine rings is 1. The second-order valence-corrected chi connectivity index (χ2v) is 5.49. The topological polar surface area (TPSA) is 64.4 Å². The van der Waals surface area contributed by atoms with Gasteiger partial charge in [-0.15, -0.1) is 0 Å². The molecule has 2 heterocycles. The van der Waals surface area contributed by atoms with E-state index in [1.807, 2.05) is 32.0 Å². The van der Waals surface area contributed by atoms with Crippen LogP contribution in [0.4, 0.5) is 5.69 Å². The smallest absolute Gasteiger partial charge is 0.248 e. The van der Waals surface area contributed by atoms with Crippen molar-refractivity contribution < 1.29 is 13.9 Å². The molecule has 0 fully saturated rings. The van der Waals surface area contributed by atoms with E-state index in [2.05, 4.69) is 10.3 Å². The molecule has 1 N–H and O–H groups in total. The molecule has 1 aromatic carbocycles. The van der Waals surface area contributed by atoms with E-state index >= 15 is 0 Å². The molecule has 0 radical (unpaired) electrons. The Balaban J connectivity index is 1.77. The van der Waals surface area contributed by atoms with Gasteiger partial charge in [-0.2, -0.15) is 0 Å². The SMILES string of the molecule is Cc1cccc(Oc2ncccc2NC(=O)/C=C/c2ccco2)c1C. The van der Waals surface area contributed by atoms with Crippen molar-refractivity contribution in [3.63, 3.8) is 0 Å². The third-order valence-electron chi connectivity index (χ3n) is 3.73. The summed E-state index contributed by atoms with van der Waals surface area (Å²) in [7, 11) is 0. The molecule has 126 valence electrons. The van der Waals surface area contributed by atoms with E-state index in [1.165, 1.54) is 6.08 Å². The number of hydrogen-bond acceptors (Lipinski definition) is 4. The number of nitrogens with zero attached hydrogens (tertiary/aromatic N) is 1. The van der Waals surface area contributed by atoms with Crippen LogP contribution in [0.3, 0.4) is 0 Å². The molecule has 5 nitrogen and oxygen atoms in total. The molecule has 0 spiro atoms. The molecule has 0 saturated heterocycles. The predicted molar refractivity (Wildman–Crippen MR) is 96.6 cm³/mol. The first-order valence-electron chi connectivity index (χ1n) is 7.85. The normalized spacial score (nSPS) is 10.8. The quantitative estimate of drug-likeness (QED) is 0.685. The lowest BCUT2D eigenvalue weighted by molar-refractivity contribution is -0.111. The standard InChI is InChI=1S/C20H18N2O3/c1-14-6-3-9-18(15(14)2)25-20-17(8-4-12-21-20)22-19(23)11-10-16-7-5-13-24-16/h3-13H,1-2H3,(H,22,23)/b11-10+. The Labute approximate surface area is 146 Å². The number of carbonyl (C=O) groups is 1. The molecule has 0 aliphatic heterocycles. The molecule has 25 heavy (non-hydrogen) atoms. The summed E-state index contributed by atoms with van der Waals surface area (Å²) >= 11 is 0. The van der Waals surface area contributed by atoms with Crippen molar-refractivity contribution in [3.8, 4) is 11.6 Å². The lowest BCUT2D eigenvalue weighted by Crippen LogP contribution is -2.09. The largest absolute Gasteiger partial charge is 0.465 e. The first kappa shape index (κ1) is 16.5. The molecule has 2 aromatic heterocycles. The van der Waals surface area contributed by atoms with Gasteiger partial charge in [0, 0.05) is 12.3 Å². The molecular formula is C20H18N2O3. The average molecular weight is 334 g/mol. The summed E-state index contributed by atoms with van der Waals surface area (Å²) in [6.07, 6.45) is 6.16. The molecule has 0 bridgehead atoms. The first-order valence-corrected chi connectivity index (χ1v) is 7.85. The maximum atomic E-state index is 12.1. The van der Waals surface area contributed by atoms with Gasteiger partial charge in [0.2, 0.25) is 11.8 Å². The number of amides is 1. The minimum atomic E-state index is -0.296. The number of furan rings is 1. The van der Waals surface area contributed by atoms with Crippen molar-refractivity contribution in [2.45, 2.75) is 13.8 Å². The van der Waals surface area contributed by atoms with Crippen LogP contribution < -0.4 is 10.1 Å². The summed E-state index contributed by atoms with van der Waals surface area (Å²) in [4.78, 5) is 16.3. The van der Waals surface area contributed by atoms with Gasteiger partial charge >= 0.3 is 0 Å². The Morgan fingerprint density at radius 1 is 1.16 bits per heavy atom. The molecule has 3 aromatic rings. The van der Waals surface area contributed by atoms with Crippen LogP contribution in [-0.2, 0) is 4.79 Å². The van der Waals surface area contributed by atoms with Crippen LogP contribution in [0, 0.1) is 13.8 Å². The first-order chi connectivity index (χ1) is 12.1. The second-order valence-electron chi connectivity index (χ2n) is 5.49. The molecule has 0 aliphatic carbocycles. The van der Waals surface area contributed by atoms with Crippen molar-refractivity contribution in [1.29, 1.82) is 0 Å². The fraction of sp³-hybridized carbons (Fsp3) is 0.100. The minimum Gasteiger partial charge on any atom is -0.465 e. The van der Waals surface area contributed by atoms with E-state index < -0.39 is 0 Å². The van der Waals surface area contributed by atoms with Crippen LogP contribution in [-0.4, -0.2) is 10.9 Å². The highest BCUT2D eigenvalue weighted by Crippen LogP contribution is 2.30. The number of hydrogen-bond donors (Lipinski definition) is 1. The van der Waals surface area contributed by atoms with Crippen molar-refractivity contribution in [1.82, 2.24) is 4.98 Å². The van der Waals surface area contributed by atoms with Crippen molar-refractivity contribution in [2.75, 3.05) is 5.32 Å². The summed E-state index contributed by atoms with van der Waals surface area (Å²) in [6, 6.07) is 12.8. The fourth-order valence-corrected chi connectivity index (χ4v) is 2.22. The summed E-state index contributed by atoms with van der Waals surface area (Å²) in [5.41, 5.74) is 2.65. The summed E-state index contributed by atoms with van der Waals surface area (Å²) in [5, 5.41) is 2.77. The molecule has 0 saturated carbocycles. The summed E-state index contributed by atoms with van der Waals surface area (Å²) in [6.45, 7) is 4.00. The zero-order valence-corrected chi connectivity index (χ0v) is 14.0. The highest BCUT2D eigenvalue weighted by molar-refractivity contribution is 6.02. The van der Waals surface area contributed by atoms with Gasteiger partial charge in [0.05, 0.1) is 6.26 Å². The Bertz CT molecular complexity index is 899. The number of aryl methyl sites for hydroxylation is 1.